The molecule has 0 amide bonds. The smallest absolute Gasteiger partial charge is 0.343 e. The Morgan fingerprint density at radius 3 is 2.61 bits per heavy atom. The van der Waals surface area contributed by atoms with Gasteiger partial charge < -0.3 is 23.4 Å². The maximum absolute atomic E-state index is 14.0. The minimum Gasteiger partial charge on any atom is -0.490 e. The van der Waals surface area contributed by atoms with E-state index in [0.717, 1.165) is 11.3 Å². The second-order valence-electron chi connectivity index (χ2n) is 9.82. The number of fused-ring (bicyclic) bond motifs is 1. The lowest BCUT2D eigenvalue weighted by Crippen LogP contribution is -2.40. The fraction of sp³-hybridized carbons (Fsp3) is 0.250. The van der Waals surface area contributed by atoms with Crippen molar-refractivity contribution in [3.05, 3.63) is 107 Å². The summed E-state index contributed by atoms with van der Waals surface area (Å²) < 4.78 is 29.0. The fourth-order valence-electron chi connectivity index (χ4n) is 4.87. The number of benzene rings is 2. The number of furan rings is 1. The van der Waals surface area contributed by atoms with Gasteiger partial charge in [-0.2, -0.15) is 0 Å². The molecule has 0 radical (unpaired) electrons. The third-order valence-electron chi connectivity index (χ3n) is 6.92. The number of allylic oxidation sites excluding steroid dienone is 1. The molecular weight excluding hydrogens is 618 g/mol. The molecule has 14 heteroatoms. The molecule has 0 fully saturated rings. The van der Waals surface area contributed by atoms with Crippen molar-refractivity contribution < 1.29 is 37.9 Å². The monoisotopic (exact) mass is 647 g/mol. The zero-order valence-electron chi connectivity index (χ0n) is 25.3. The lowest BCUT2D eigenvalue weighted by Gasteiger charge is -2.25. The highest BCUT2D eigenvalue weighted by Gasteiger charge is 2.34. The first-order valence-electron chi connectivity index (χ1n) is 14.2. The van der Waals surface area contributed by atoms with Crippen molar-refractivity contribution in [2.75, 3.05) is 26.9 Å². The zero-order chi connectivity index (χ0) is 33.0. The number of hydrogen-bond acceptors (Lipinski definition) is 12. The van der Waals surface area contributed by atoms with Crippen LogP contribution in [0.3, 0.4) is 0 Å². The number of nitro benzene ring substituents is 1. The normalized spacial score (nSPS) is 14.3. The summed E-state index contributed by atoms with van der Waals surface area (Å²) in [5, 5.41) is 11.2. The molecular formula is C32H29N3O10S. The predicted molar refractivity (Wildman–Crippen MR) is 166 cm³/mol. The van der Waals surface area contributed by atoms with Crippen molar-refractivity contribution in [1.29, 1.82) is 0 Å². The van der Waals surface area contributed by atoms with Crippen LogP contribution in [0, 0.1) is 10.1 Å². The van der Waals surface area contributed by atoms with Crippen molar-refractivity contribution in [2.45, 2.75) is 26.8 Å². The summed E-state index contributed by atoms with van der Waals surface area (Å²) in [6.07, 6.45) is 1.56. The SMILES string of the molecule is CCOC(=O)C1=C(C)N=c2s/c(=C\c3ccc(-c4cccc([N+](=O)[O-])c4)o3)c(=O)n2[C@@H]1c1ccc(OCC(=O)OC)c(OCC)c1. The third-order valence-corrected chi connectivity index (χ3v) is 7.90. The van der Waals surface area contributed by atoms with Crippen LogP contribution in [0.1, 0.15) is 38.1 Å². The van der Waals surface area contributed by atoms with E-state index in [1.54, 1.807) is 69.3 Å². The number of non-ortho nitro benzene ring substituents is 1. The van der Waals surface area contributed by atoms with Gasteiger partial charge in [-0.1, -0.05) is 29.5 Å². The molecule has 0 aliphatic carbocycles. The van der Waals surface area contributed by atoms with Crippen molar-refractivity contribution in [3.63, 3.8) is 0 Å². The van der Waals surface area contributed by atoms with Crippen LogP contribution in [0.15, 0.2) is 80.1 Å². The van der Waals surface area contributed by atoms with Crippen molar-refractivity contribution in [3.8, 4) is 22.8 Å². The topological polar surface area (TPSA) is 162 Å². The molecule has 5 rings (SSSR count). The molecule has 0 unspecified atom stereocenters. The minimum absolute atomic E-state index is 0.0768. The van der Waals surface area contributed by atoms with Crippen LogP contribution in [0.4, 0.5) is 5.69 Å². The van der Waals surface area contributed by atoms with Gasteiger partial charge in [0.1, 0.15) is 11.5 Å². The van der Waals surface area contributed by atoms with Crippen molar-refractivity contribution in [1.82, 2.24) is 4.57 Å². The van der Waals surface area contributed by atoms with Gasteiger partial charge >= 0.3 is 11.9 Å². The van der Waals surface area contributed by atoms with E-state index >= 15 is 0 Å². The highest BCUT2D eigenvalue weighted by molar-refractivity contribution is 7.07. The second-order valence-corrected chi connectivity index (χ2v) is 10.8. The molecule has 4 aromatic rings. The van der Waals surface area contributed by atoms with Crippen LogP contribution < -0.4 is 24.4 Å². The fourth-order valence-corrected chi connectivity index (χ4v) is 5.90. The molecule has 2 aromatic heterocycles. The number of nitrogens with zero attached hydrogens (tertiary/aromatic N) is 3. The molecule has 238 valence electrons. The highest BCUT2D eigenvalue weighted by Crippen LogP contribution is 2.36. The van der Waals surface area contributed by atoms with Crippen LogP contribution in [0.2, 0.25) is 0 Å². The first kappa shape index (κ1) is 31.9. The maximum Gasteiger partial charge on any atom is 0.343 e. The molecule has 0 bridgehead atoms. The number of aromatic nitrogens is 1. The summed E-state index contributed by atoms with van der Waals surface area (Å²) in [4.78, 5) is 54.6. The number of carbonyl (C=O) groups is 2. The van der Waals surface area contributed by atoms with Gasteiger partial charge in [-0.15, -0.1) is 0 Å². The lowest BCUT2D eigenvalue weighted by atomic mass is 9.95. The molecule has 1 aliphatic rings. The van der Waals surface area contributed by atoms with Crippen molar-refractivity contribution in [2.24, 2.45) is 4.99 Å². The Morgan fingerprint density at radius 1 is 1.09 bits per heavy atom. The molecule has 3 heterocycles. The number of rotatable bonds is 11. The Morgan fingerprint density at radius 2 is 1.89 bits per heavy atom. The number of carbonyl (C=O) groups excluding carboxylic acids is 2. The molecule has 0 saturated heterocycles. The van der Waals surface area contributed by atoms with Gasteiger partial charge in [0.15, 0.2) is 22.9 Å². The standard InChI is InChI=1S/C32H29N3O10S/c1-5-42-25-15-20(10-12-24(25)44-17-27(36)41-4)29-28(31(38)43-6-2)18(3)33-32-34(29)30(37)26(46-32)16-22-11-13-23(45-22)19-8-7-9-21(14-19)35(39)40/h7-16,29H,5-6,17H2,1-4H3/b26-16-/t29-/m1/s1. The summed E-state index contributed by atoms with van der Waals surface area (Å²) in [5.74, 6) is 0.108. The number of esters is 2. The van der Waals surface area contributed by atoms with Crippen LogP contribution >= 0.6 is 11.3 Å². The molecule has 13 nitrogen and oxygen atoms in total. The Kier molecular flexibility index (Phi) is 9.47. The van der Waals surface area contributed by atoms with Gasteiger partial charge in [0.05, 0.1) is 47.1 Å². The van der Waals surface area contributed by atoms with E-state index in [1.165, 1.54) is 23.8 Å². The number of ether oxygens (including phenoxy) is 4. The van der Waals surface area contributed by atoms with Gasteiger partial charge in [0.25, 0.3) is 11.2 Å². The highest BCUT2D eigenvalue weighted by atomic mass is 32.1. The lowest BCUT2D eigenvalue weighted by molar-refractivity contribution is -0.384. The first-order valence-corrected chi connectivity index (χ1v) is 15.0. The molecule has 1 atom stereocenters. The van der Waals surface area contributed by atoms with Gasteiger partial charge in [-0.25, -0.2) is 14.6 Å². The molecule has 0 spiro atoms. The van der Waals surface area contributed by atoms with Gasteiger partial charge in [-0.3, -0.25) is 19.5 Å². The summed E-state index contributed by atoms with van der Waals surface area (Å²) in [6, 6.07) is 13.3. The van der Waals surface area contributed by atoms with Crippen LogP contribution in [0.25, 0.3) is 17.4 Å². The van der Waals surface area contributed by atoms with E-state index in [1.807, 2.05) is 0 Å². The van der Waals surface area contributed by atoms with Gasteiger partial charge in [0, 0.05) is 23.8 Å². The molecule has 2 aromatic carbocycles. The van der Waals surface area contributed by atoms with Gasteiger partial charge in [0.2, 0.25) is 0 Å². The number of thiazole rings is 1. The second kappa shape index (κ2) is 13.6. The number of hydrogen-bond donors (Lipinski definition) is 0. The summed E-state index contributed by atoms with van der Waals surface area (Å²) >= 11 is 1.11. The van der Waals surface area contributed by atoms with E-state index in [2.05, 4.69) is 9.73 Å². The van der Waals surface area contributed by atoms with E-state index in [-0.39, 0.29) is 41.4 Å². The van der Waals surface area contributed by atoms with Crippen molar-refractivity contribution >= 4 is 35.0 Å². The van der Waals surface area contributed by atoms with E-state index in [4.69, 9.17) is 18.6 Å². The summed E-state index contributed by atoms with van der Waals surface area (Å²) in [5.41, 5.74) is 1.08. The molecule has 1 aliphatic heterocycles. The predicted octanol–water partition coefficient (Wildman–Crippen LogP) is 3.92. The zero-order valence-corrected chi connectivity index (χ0v) is 26.1. The average molecular weight is 648 g/mol. The Labute approximate surface area is 265 Å². The van der Waals surface area contributed by atoms with Crippen LogP contribution in [-0.4, -0.2) is 48.4 Å². The largest absolute Gasteiger partial charge is 0.490 e. The average Bonchev–Trinajstić information content (AvgIpc) is 3.63. The van der Waals surface area contributed by atoms with Crippen LogP contribution in [-0.2, 0) is 19.1 Å². The van der Waals surface area contributed by atoms with E-state index in [0.29, 0.717) is 38.9 Å². The van der Waals surface area contributed by atoms with E-state index < -0.39 is 28.5 Å². The minimum atomic E-state index is -0.927. The molecule has 46 heavy (non-hydrogen) atoms. The van der Waals surface area contributed by atoms with Gasteiger partial charge in [-0.05, 0) is 50.6 Å². The number of methoxy groups -OCH3 is 1. The third kappa shape index (κ3) is 6.47. The van der Waals surface area contributed by atoms with Crippen LogP contribution in [0.5, 0.6) is 11.5 Å². The maximum atomic E-state index is 14.0. The van der Waals surface area contributed by atoms with E-state index in [9.17, 15) is 24.5 Å². The Bertz CT molecular complexity index is 2040. The summed E-state index contributed by atoms with van der Waals surface area (Å²) in [6.45, 7) is 5.20. The molecule has 0 N–H and O–H groups in total. The Hall–Kier alpha value is -5.50. The molecule has 0 saturated carbocycles. The number of nitro groups is 1. The summed E-state index contributed by atoms with van der Waals surface area (Å²) in [7, 11) is 1.25. The Balaban J connectivity index is 1.61. The quantitative estimate of drug-likeness (QED) is 0.133. The first-order chi connectivity index (χ1) is 22.1.